The minimum Gasteiger partial charge on any atom is -0.391 e. The van der Waals surface area contributed by atoms with Crippen LogP contribution in [-0.4, -0.2) is 199 Å². The minimum atomic E-state index is -1.69. The van der Waals surface area contributed by atoms with Crippen LogP contribution in [0.4, 0.5) is 0 Å². The van der Waals surface area contributed by atoms with Crippen LogP contribution in [0.2, 0.25) is 0 Å². The highest BCUT2D eigenvalue weighted by molar-refractivity contribution is 5.99. The molecular weight excluding hydrogens is 1070 g/mol. The van der Waals surface area contributed by atoms with E-state index in [1.165, 1.54) is 25.8 Å². The Kier molecular flexibility index (Phi) is 34.8. The SMILES string of the molecule is CC[C@H](C)CCCC(=O)N(C)[C@@H](CCN)C(=O)N[C@H](C(=O)N[C@@H](CCN)C(=O)N[C@H]1CCNC(=O)[C@H]([C@@H](C)O)NC(=O)[C@H](CCN)NC(=O)[C@H](CCN)NC(=O)[C@H](CC(C)C)NC(=O)[C@@H](CC(C)C)NC(=O)[C@@H](CCN)NC1=O)[C@@H](C)O. The van der Waals surface area contributed by atoms with E-state index < -0.39 is 145 Å². The number of amides is 11. The first kappa shape index (κ1) is 73.9. The molecule has 1 aliphatic rings. The third-order valence-electron chi connectivity index (χ3n) is 13.9. The third kappa shape index (κ3) is 26.0. The first-order valence-corrected chi connectivity index (χ1v) is 28.7. The Labute approximate surface area is 482 Å². The summed E-state index contributed by atoms with van der Waals surface area (Å²) in [6, 6.07) is -14.5. The van der Waals surface area contributed by atoms with E-state index in [9.17, 15) is 63.0 Å². The van der Waals surface area contributed by atoms with Gasteiger partial charge >= 0.3 is 0 Å². The normalized spacial score (nSPS) is 23.4. The molecule has 0 saturated carbocycles. The summed E-state index contributed by atoms with van der Waals surface area (Å²) in [6.45, 7) is 12.6. The molecule has 13 atom stereocenters. The number of rotatable bonds is 28. The monoisotopic (exact) mass is 1170 g/mol. The molecule has 0 radical (unpaired) electrons. The molecule has 470 valence electrons. The summed E-state index contributed by atoms with van der Waals surface area (Å²) < 4.78 is 0. The fourth-order valence-electron chi connectivity index (χ4n) is 8.89. The van der Waals surface area contributed by atoms with Crippen LogP contribution in [0.25, 0.3) is 0 Å². The number of nitrogens with one attached hydrogen (secondary N) is 10. The maximum absolute atomic E-state index is 14.4. The second kappa shape index (κ2) is 38.6. The number of hydrogen-bond donors (Lipinski definition) is 17. The van der Waals surface area contributed by atoms with Gasteiger partial charge in [-0.2, -0.15) is 0 Å². The summed E-state index contributed by atoms with van der Waals surface area (Å²) in [5.41, 5.74) is 29.3. The lowest BCUT2D eigenvalue weighted by Gasteiger charge is -2.31. The second-order valence-corrected chi connectivity index (χ2v) is 22.0. The fourth-order valence-corrected chi connectivity index (χ4v) is 8.89. The Morgan fingerprint density at radius 2 is 1.02 bits per heavy atom. The predicted octanol–water partition coefficient (Wildman–Crippen LogP) is -5.49. The molecule has 29 heteroatoms. The number of carbonyl (C=O) groups excluding carboxylic acids is 11. The van der Waals surface area contributed by atoms with Crippen molar-refractivity contribution in [1.29, 1.82) is 0 Å². The molecule has 0 aromatic carbocycles. The quantitative estimate of drug-likeness (QED) is 0.0347. The lowest BCUT2D eigenvalue weighted by molar-refractivity contribution is -0.141. The largest absolute Gasteiger partial charge is 0.391 e. The van der Waals surface area contributed by atoms with E-state index >= 15 is 0 Å². The van der Waals surface area contributed by atoms with E-state index in [0.717, 1.165) is 12.8 Å². The number of aliphatic hydroxyl groups excluding tert-OH is 2. The summed E-state index contributed by atoms with van der Waals surface area (Å²) in [7, 11) is 1.44. The van der Waals surface area contributed by atoms with Crippen molar-refractivity contribution in [2.75, 3.05) is 46.3 Å². The molecule has 82 heavy (non-hydrogen) atoms. The van der Waals surface area contributed by atoms with E-state index in [1.54, 1.807) is 27.7 Å². The second-order valence-electron chi connectivity index (χ2n) is 22.0. The predicted molar refractivity (Wildman–Crippen MR) is 305 cm³/mol. The van der Waals surface area contributed by atoms with Crippen molar-refractivity contribution in [2.24, 2.45) is 46.4 Å². The van der Waals surface area contributed by atoms with E-state index in [2.05, 4.69) is 60.1 Å². The van der Waals surface area contributed by atoms with Crippen LogP contribution in [0.5, 0.6) is 0 Å². The fraction of sp³-hybridized carbons (Fsp3) is 0.792. The zero-order valence-corrected chi connectivity index (χ0v) is 49.6. The average molecular weight is 1170 g/mol. The van der Waals surface area contributed by atoms with Gasteiger partial charge in [0.25, 0.3) is 0 Å². The Hall–Kier alpha value is -6.11. The van der Waals surface area contributed by atoms with Gasteiger partial charge < -0.3 is 96.9 Å². The molecule has 1 rings (SSSR count). The molecule has 11 amide bonds. The van der Waals surface area contributed by atoms with Gasteiger partial charge in [-0.3, -0.25) is 52.7 Å². The summed E-state index contributed by atoms with van der Waals surface area (Å²) >= 11 is 0. The van der Waals surface area contributed by atoms with Crippen molar-refractivity contribution in [2.45, 2.75) is 205 Å². The molecule has 0 bridgehead atoms. The van der Waals surface area contributed by atoms with E-state index in [-0.39, 0.29) is 102 Å². The molecule has 0 aromatic heterocycles. The number of likely N-dealkylation sites (N-methyl/N-ethyl adjacent to an activating group) is 1. The number of nitrogens with two attached hydrogens (primary N) is 5. The molecule has 0 spiro atoms. The van der Waals surface area contributed by atoms with E-state index in [1.807, 2.05) is 6.92 Å². The van der Waals surface area contributed by atoms with Gasteiger partial charge in [-0.05, 0) is 122 Å². The molecule has 1 saturated heterocycles. The van der Waals surface area contributed by atoms with Gasteiger partial charge in [0.15, 0.2) is 0 Å². The van der Waals surface area contributed by atoms with Gasteiger partial charge in [0.1, 0.15) is 60.4 Å². The highest BCUT2D eigenvalue weighted by Crippen LogP contribution is 2.15. The summed E-state index contributed by atoms with van der Waals surface area (Å²) in [5, 5.41) is 47.0. The molecule has 1 heterocycles. The van der Waals surface area contributed by atoms with Crippen molar-refractivity contribution in [3.05, 3.63) is 0 Å². The van der Waals surface area contributed by atoms with E-state index in [0.29, 0.717) is 12.3 Å². The number of aliphatic hydroxyl groups is 2. The Morgan fingerprint density at radius 1 is 0.573 bits per heavy atom. The van der Waals surface area contributed by atoms with Gasteiger partial charge in [-0.25, -0.2) is 0 Å². The van der Waals surface area contributed by atoms with Crippen LogP contribution in [0.3, 0.4) is 0 Å². The smallest absolute Gasteiger partial charge is 0.245 e. The van der Waals surface area contributed by atoms with Crippen LogP contribution < -0.4 is 81.8 Å². The lowest BCUT2D eigenvalue weighted by Crippen LogP contribution is -2.62. The van der Waals surface area contributed by atoms with Gasteiger partial charge in [0.05, 0.1) is 12.2 Å². The third-order valence-corrected chi connectivity index (χ3v) is 13.9. The van der Waals surface area contributed by atoms with Crippen molar-refractivity contribution in [3.8, 4) is 0 Å². The topological polar surface area (TPSA) is 482 Å². The Balaban J connectivity index is 3.86. The number of carbonyl (C=O) groups is 11. The first-order chi connectivity index (χ1) is 38.6. The zero-order chi connectivity index (χ0) is 62.4. The highest BCUT2D eigenvalue weighted by atomic mass is 16.3. The number of hydrogen-bond acceptors (Lipinski definition) is 18. The maximum atomic E-state index is 14.4. The Morgan fingerprint density at radius 3 is 1.45 bits per heavy atom. The van der Waals surface area contributed by atoms with Crippen LogP contribution >= 0.6 is 0 Å². The van der Waals surface area contributed by atoms with Crippen LogP contribution in [0.15, 0.2) is 0 Å². The van der Waals surface area contributed by atoms with Crippen LogP contribution in [-0.2, 0) is 52.7 Å². The van der Waals surface area contributed by atoms with E-state index in [4.69, 9.17) is 28.7 Å². The first-order valence-electron chi connectivity index (χ1n) is 28.7. The maximum Gasteiger partial charge on any atom is 0.245 e. The summed E-state index contributed by atoms with van der Waals surface area (Å²) in [4.78, 5) is 155. The standard InChI is InChI=1S/C53H100N16O13/c1-10-30(6)12-11-13-41(72)69(9)40(18-24-58)51(80)68-43(32(8)71)53(82)64-35(16-22-56)45(74)63-37-19-25-59-52(81)42(31(7)70)67-48(77)36(17-23-57)61-44(73)33(14-20-54)62-49(78)38(26-28(2)3)66-50(79)39(27-29(4)5)65-46(75)34(15-21-55)60-47(37)76/h28-40,42-43,70-71H,10-27,54-58H2,1-9H3,(H,59,81)(H,60,76)(H,61,73)(H,62,78)(H,63,74)(H,64,82)(H,65,75)(H,66,79)(H,67,77)(H,68,80)/t30-,31+,32+,33-,34+,35-,36-,37-,38-,39+,40-,42-,43-/m0/s1. The van der Waals surface area contributed by atoms with Gasteiger partial charge in [-0.1, -0.05) is 54.4 Å². The molecule has 1 aliphatic heterocycles. The van der Waals surface area contributed by atoms with Gasteiger partial charge in [0.2, 0.25) is 65.0 Å². The molecule has 29 nitrogen and oxygen atoms in total. The molecule has 0 aromatic rings. The molecule has 22 N–H and O–H groups in total. The summed E-state index contributed by atoms with van der Waals surface area (Å²) in [5.74, 6) is -9.46. The molecular formula is C53H100N16O13. The van der Waals surface area contributed by atoms with Gasteiger partial charge in [-0.15, -0.1) is 0 Å². The van der Waals surface area contributed by atoms with Crippen molar-refractivity contribution < 1.29 is 63.0 Å². The van der Waals surface area contributed by atoms with Crippen molar-refractivity contribution in [1.82, 2.24) is 58.1 Å². The highest BCUT2D eigenvalue weighted by Gasteiger charge is 2.38. The Bertz CT molecular complexity index is 2080. The minimum absolute atomic E-state index is 0.00975. The lowest BCUT2D eigenvalue weighted by atomic mass is 9.99. The molecule has 0 unspecified atom stereocenters. The molecule has 0 aliphatic carbocycles. The zero-order valence-electron chi connectivity index (χ0n) is 49.6. The molecule has 1 fully saturated rings. The summed E-state index contributed by atoms with van der Waals surface area (Å²) in [6.07, 6.45) is -1.72. The van der Waals surface area contributed by atoms with Crippen molar-refractivity contribution >= 4 is 65.0 Å². The van der Waals surface area contributed by atoms with Crippen LogP contribution in [0, 0.1) is 17.8 Å². The number of nitrogens with zero attached hydrogens (tertiary/aromatic N) is 1. The van der Waals surface area contributed by atoms with Crippen LogP contribution in [0.1, 0.15) is 132 Å². The van der Waals surface area contributed by atoms with Gasteiger partial charge in [0, 0.05) is 20.0 Å². The van der Waals surface area contributed by atoms with Crippen molar-refractivity contribution in [3.63, 3.8) is 0 Å². The average Bonchev–Trinajstić information content (AvgIpc) is 3.49.